The number of methoxy groups -OCH3 is 1. The van der Waals surface area contributed by atoms with Crippen molar-refractivity contribution in [3.05, 3.63) is 36.0 Å². The topological polar surface area (TPSA) is 35.5 Å². The van der Waals surface area contributed by atoms with E-state index in [2.05, 4.69) is 33.4 Å². The Kier molecular flexibility index (Phi) is 4.50. The van der Waals surface area contributed by atoms with Crippen molar-refractivity contribution in [3.8, 4) is 0 Å². The molecule has 0 N–H and O–H groups in total. The van der Waals surface area contributed by atoms with E-state index in [1.54, 1.807) is 7.11 Å². The molecular formula is C21H30O3. The molecule has 24 heavy (non-hydrogen) atoms. The molecule has 0 saturated heterocycles. The highest BCUT2D eigenvalue weighted by atomic mass is 16.7. The molecular weight excluding hydrogens is 300 g/mol. The fourth-order valence-corrected chi connectivity index (χ4v) is 5.50. The molecule has 4 atom stereocenters. The predicted molar refractivity (Wildman–Crippen MR) is 95.2 cm³/mol. The molecule has 2 fully saturated rings. The number of carbonyl (C=O) groups is 1. The van der Waals surface area contributed by atoms with E-state index in [0.29, 0.717) is 17.3 Å². The van der Waals surface area contributed by atoms with E-state index in [1.165, 1.54) is 37.3 Å². The van der Waals surface area contributed by atoms with Gasteiger partial charge in [-0.15, -0.1) is 0 Å². The van der Waals surface area contributed by atoms with Crippen molar-refractivity contribution in [1.29, 1.82) is 0 Å². The second kappa shape index (κ2) is 6.18. The van der Waals surface area contributed by atoms with Gasteiger partial charge in [0.1, 0.15) is 0 Å². The van der Waals surface area contributed by atoms with Gasteiger partial charge < -0.3 is 9.47 Å². The molecule has 1 heterocycles. The number of hydrogen-bond acceptors (Lipinski definition) is 3. The van der Waals surface area contributed by atoms with Gasteiger partial charge in [0.25, 0.3) is 0 Å². The van der Waals surface area contributed by atoms with Crippen LogP contribution in [0.4, 0.5) is 0 Å². The summed E-state index contributed by atoms with van der Waals surface area (Å²) in [7, 11) is 1.56. The predicted octanol–water partition coefficient (Wildman–Crippen LogP) is 4.80. The van der Waals surface area contributed by atoms with Crippen molar-refractivity contribution in [2.45, 2.75) is 59.2 Å². The molecule has 0 spiro atoms. The monoisotopic (exact) mass is 330 g/mol. The van der Waals surface area contributed by atoms with E-state index < -0.39 is 6.29 Å². The molecule has 0 aromatic heterocycles. The zero-order chi connectivity index (χ0) is 17.5. The standard InChI is InChI=1S/C21H30O3/c1-14-7-10-17-20(2,3)11-6-12-21(17,4)16(14)9-8-15-13-18(22)24-19(15)23-5/h8-9,13,16-17,19H,1,6-7,10-12H2,2-5H3/b9-8+/t16-,17?,19?,21+/m0/s1. The quantitative estimate of drug-likeness (QED) is 0.551. The Morgan fingerprint density at radius 2 is 2.08 bits per heavy atom. The van der Waals surface area contributed by atoms with E-state index >= 15 is 0 Å². The molecule has 3 nitrogen and oxygen atoms in total. The fourth-order valence-electron chi connectivity index (χ4n) is 5.50. The second-order valence-electron chi connectivity index (χ2n) is 8.58. The zero-order valence-electron chi connectivity index (χ0n) is 15.4. The van der Waals surface area contributed by atoms with Gasteiger partial charge in [-0.05, 0) is 42.4 Å². The molecule has 2 aliphatic carbocycles. The van der Waals surface area contributed by atoms with E-state index in [1.807, 2.05) is 6.08 Å². The summed E-state index contributed by atoms with van der Waals surface area (Å²) in [6, 6.07) is 0. The Labute approximate surface area is 145 Å². The normalized spacial score (nSPS) is 38.8. The smallest absolute Gasteiger partial charge is 0.333 e. The van der Waals surface area contributed by atoms with Crippen LogP contribution in [0, 0.1) is 22.7 Å². The number of rotatable bonds is 3. The van der Waals surface area contributed by atoms with Crippen LogP contribution in [0.5, 0.6) is 0 Å². The first-order valence-electron chi connectivity index (χ1n) is 9.09. The Morgan fingerprint density at radius 3 is 2.79 bits per heavy atom. The van der Waals surface area contributed by atoms with Crippen LogP contribution < -0.4 is 0 Å². The van der Waals surface area contributed by atoms with E-state index in [9.17, 15) is 4.79 Å². The van der Waals surface area contributed by atoms with Crippen LogP contribution in [0.25, 0.3) is 0 Å². The molecule has 3 heteroatoms. The maximum atomic E-state index is 11.5. The summed E-state index contributed by atoms with van der Waals surface area (Å²) in [5.41, 5.74) is 2.76. The highest BCUT2D eigenvalue weighted by molar-refractivity contribution is 5.86. The summed E-state index contributed by atoms with van der Waals surface area (Å²) >= 11 is 0. The van der Waals surface area contributed by atoms with Gasteiger partial charge >= 0.3 is 5.97 Å². The van der Waals surface area contributed by atoms with Gasteiger partial charge in [-0.25, -0.2) is 4.79 Å². The first-order valence-corrected chi connectivity index (χ1v) is 9.09. The van der Waals surface area contributed by atoms with Crippen LogP contribution in [-0.2, 0) is 14.3 Å². The lowest BCUT2D eigenvalue weighted by molar-refractivity contribution is -0.154. The van der Waals surface area contributed by atoms with Crippen LogP contribution in [0.1, 0.15) is 52.9 Å². The maximum absolute atomic E-state index is 11.5. The molecule has 132 valence electrons. The SMILES string of the molecule is C=C1CCC2C(C)(C)CCC[C@]2(C)[C@H]1/C=C/C1=CC(=O)OC1OC. The van der Waals surface area contributed by atoms with Crippen LogP contribution in [0.2, 0.25) is 0 Å². The third-order valence-electron chi connectivity index (χ3n) is 6.66. The van der Waals surface area contributed by atoms with Crippen molar-refractivity contribution >= 4 is 5.97 Å². The Balaban J connectivity index is 1.88. The van der Waals surface area contributed by atoms with E-state index in [0.717, 1.165) is 12.0 Å². The second-order valence-corrected chi connectivity index (χ2v) is 8.58. The third-order valence-corrected chi connectivity index (χ3v) is 6.66. The van der Waals surface area contributed by atoms with Gasteiger partial charge in [0.2, 0.25) is 6.29 Å². The van der Waals surface area contributed by atoms with Crippen molar-refractivity contribution in [2.24, 2.45) is 22.7 Å². The first kappa shape index (κ1) is 17.5. The molecule has 0 amide bonds. The Morgan fingerprint density at radius 1 is 1.33 bits per heavy atom. The van der Waals surface area contributed by atoms with Crippen molar-refractivity contribution in [1.82, 2.24) is 0 Å². The van der Waals surface area contributed by atoms with Gasteiger partial charge in [0, 0.05) is 24.7 Å². The third kappa shape index (κ3) is 2.88. The number of cyclic esters (lactones) is 1. The molecule has 0 bridgehead atoms. The molecule has 3 rings (SSSR count). The van der Waals surface area contributed by atoms with E-state index in [-0.39, 0.29) is 11.4 Å². The van der Waals surface area contributed by atoms with Gasteiger partial charge in [0.15, 0.2) is 0 Å². The number of carbonyl (C=O) groups excluding carboxylic acids is 1. The van der Waals surface area contributed by atoms with Crippen molar-refractivity contribution < 1.29 is 14.3 Å². The molecule has 1 aliphatic heterocycles. The Bertz CT molecular complexity index is 598. The summed E-state index contributed by atoms with van der Waals surface area (Å²) < 4.78 is 10.4. The number of hydrogen-bond donors (Lipinski definition) is 0. The van der Waals surface area contributed by atoms with Crippen LogP contribution >= 0.6 is 0 Å². The molecule has 0 radical (unpaired) electrons. The highest BCUT2D eigenvalue weighted by Crippen LogP contribution is 2.61. The van der Waals surface area contributed by atoms with Crippen molar-refractivity contribution in [2.75, 3.05) is 7.11 Å². The summed E-state index contributed by atoms with van der Waals surface area (Å²) in [5.74, 6) is 0.740. The highest BCUT2D eigenvalue weighted by Gasteiger charge is 2.52. The van der Waals surface area contributed by atoms with Gasteiger partial charge in [0.05, 0.1) is 0 Å². The number of ether oxygens (including phenoxy) is 2. The summed E-state index contributed by atoms with van der Waals surface area (Å²) in [6.45, 7) is 11.7. The number of esters is 1. The summed E-state index contributed by atoms with van der Waals surface area (Å²) in [4.78, 5) is 11.5. The van der Waals surface area contributed by atoms with Gasteiger partial charge in [-0.3, -0.25) is 0 Å². The minimum atomic E-state index is -0.572. The largest absolute Gasteiger partial charge is 0.428 e. The zero-order valence-corrected chi connectivity index (χ0v) is 15.4. The Hall–Kier alpha value is -1.35. The average molecular weight is 330 g/mol. The average Bonchev–Trinajstić information content (AvgIpc) is 2.85. The number of fused-ring (bicyclic) bond motifs is 1. The number of allylic oxidation sites excluding steroid dienone is 2. The molecule has 3 aliphatic rings. The van der Waals surface area contributed by atoms with Gasteiger partial charge in [-0.2, -0.15) is 0 Å². The van der Waals surface area contributed by atoms with Crippen LogP contribution in [0.15, 0.2) is 36.0 Å². The lowest BCUT2D eigenvalue weighted by Crippen LogP contribution is -2.48. The fraction of sp³-hybridized carbons (Fsp3) is 0.667. The minimum Gasteiger partial charge on any atom is -0.428 e. The maximum Gasteiger partial charge on any atom is 0.333 e. The first-order chi connectivity index (χ1) is 11.3. The van der Waals surface area contributed by atoms with Crippen LogP contribution in [-0.4, -0.2) is 19.4 Å². The van der Waals surface area contributed by atoms with Gasteiger partial charge in [-0.1, -0.05) is 51.5 Å². The van der Waals surface area contributed by atoms with Crippen molar-refractivity contribution in [3.63, 3.8) is 0 Å². The molecule has 2 saturated carbocycles. The minimum absolute atomic E-state index is 0.250. The van der Waals surface area contributed by atoms with E-state index in [4.69, 9.17) is 9.47 Å². The van der Waals surface area contributed by atoms with Crippen LogP contribution in [0.3, 0.4) is 0 Å². The lowest BCUT2D eigenvalue weighted by atomic mass is 9.47. The molecule has 0 aromatic rings. The summed E-state index contributed by atoms with van der Waals surface area (Å²) in [6.07, 6.45) is 11.4. The molecule has 2 unspecified atom stereocenters. The lowest BCUT2D eigenvalue weighted by Gasteiger charge is -2.57. The summed E-state index contributed by atoms with van der Waals surface area (Å²) in [5, 5.41) is 0. The molecule has 0 aromatic carbocycles.